The fraction of sp³-hybridized carbons (Fsp3) is 0.333. The first-order valence-corrected chi connectivity index (χ1v) is 5.93. The lowest BCUT2D eigenvalue weighted by Gasteiger charge is -2.20. The number of halogens is 1. The van der Waals surface area contributed by atoms with Crippen LogP contribution < -0.4 is 5.32 Å². The van der Waals surface area contributed by atoms with Crippen LogP contribution in [0.3, 0.4) is 0 Å². The van der Waals surface area contributed by atoms with Crippen LogP contribution in [0.15, 0.2) is 24.3 Å². The number of hydrogen-bond acceptors (Lipinski definition) is 3. The standard InChI is InChI=1S/C12H15ClN2O4/c1-19-6-5-15(8-11(16)17)12(18)14-10-4-2-3-9(13)7-10/h2-4,7H,5-6,8H2,1H3,(H,14,18)(H,16,17). The SMILES string of the molecule is COCCN(CC(=O)O)C(=O)Nc1cccc(Cl)c1. The summed E-state index contributed by atoms with van der Waals surface area (Å²) >= 11 is 5.80. The van der Waals surface area contributed by atoms with Crippen molar-refractivity contribution in [1.82, 2.24) is 4.90 Å². The van der Waals surface area contributed by atoms with Gasteiger partial charge in [-0.05, 0) is 18.2 Å². The summed E-state index contributed by atoms with van der Waals surface area (Å²) in [6, 6.07) is 6.10. The summed E-state index contributed by atoms with van der Waals surface area (Å²) in [5, 5.41) is 11.8. The van der Waals surface area contributed by atoms with Crippen LogP contribution >= 0.6 is 11.6 Å². The number of urea groups is 1. The number of benzene rings is 1. The first-order chi connectivity index (χ1) is 9.02. The third-order valence-corrected chi connectivity index (χ3v) is 2.49. The van der Waals surface area contributed by atoms with Crippen molar-refractivity contribution in [1.29, 1.82) is 0 Å². The van der Waals surface area contributed by atoms with Gasteiger partial charge in [0, 0.05) is 24.4 Å². The molecule has 0 fully saturated rings. The zero-order valence-electron chi connectivity index (χ0n) is 10.4. The second kappa shape index (κ2) is 7.60. The molecule has 1 rings (SSSR count). The number of amides is 2. The molecule has 0 spiro atoms. The maximum Gasteiger partial charge on any atom is 0.323 e. The number of ether oxygens (including phenoxy) is 1. The second-order valence-electron chi connectivity index (χ2n) is 3.75. The van der Waals surface area contributed by atoms with E-state index in [1.54, 1.807) is 24.3 Å². The Morgan fingerprint density at radius 1 is 1.47 bits per heavy atom. The highest BCUT2D eigenvalue weighted by atomic mass is 35.5. The zero-order valence-corrected chi connectivity index (χ0v) is 11.2. The van der Waals surface area contributed by atoms with E-state index >= 15 is 0 Å². The average molecular weight is 287 g/mol. The van der Waals surface area contributed by atoms with E-state index < -0.39 is 18.5 Å². The normalized spacial score (nSPS) is 10.0. The topological polar surface area (TPSA) is 78.9 Å². The molecule has 0 saturated heterocycles. The van der Waals surface area contributed by atoms with E-state index in [0.717, 1.165) is 4.90 Å². The van der Waals surface area contributed by atoms with E-state index in [2.05, 4.69) is 5.32 Å². The number of methoxy groups -OCH3 is 1. The van der Waals surface area contributed by atoms with Crippen molar-refractivity contribution in [3.63, 3.8) is 0 Å². The van der Waals surface area contributed by atoms with Crippen LogP contribution in [0.2, 0.25) is 5.02 Å². The van der Waals surface area contributed by atoms with Gasteiger partial charge in [0.25, 0.3) is 0 Å². The van der Waals surface area contributed by atoms with Gasteiger partial charge in [0.15, 0.2) is 0 Å². The van der Waals surface area contributed by atoms with Gasteiger partial charge in [-0.2, -0.15) is 0 Å². The molecule has 0 aliphatic rings. The maximum absolute atomic E-state index is 11.9. The van der Waals surface area contributed by atoms with Crippen LogP contribution in [-0.4, -0.2) is 48.8 Å². The number of carbonyl (C=O) groups is 2. The van der Waals surface area contributed by atoms with Crippen molar-refractivity contribution in [3.05, 3.63) is 29.3 Å². The van der Waals surface area contributed by atoms with Crippen molar-refractivity contribution in [2.24, 2.45) is 0 Å². The maximum atomic E-state index is 11.9. The van der Waals surface area contributed by atoms with Gasteiger partial charge >= 0.3 is 12.0 Å². The molecule has 1 aromatic carbocycles. The van der Waals surface area contributed by atoms with Crippen LogP contribution in [0.5, 0.6) is 0 Å². The number of carboxylic acids is 1. The molecule has 2 N–H and O–H groups in total. The van der Waals surface area contributed by atoms with Gasteiger partial charge < -0.3 is 20.1 Å². The average Bonchev–Trinajstić information content (AvgIpc) is 2.34. The molecular weight excluding hydrogens is 272 g/mol. The molecule has 0 unspecified atom stereocenters. The van der Waals surface area contributed by atoms with Crippen LogP contribution in [0.25, 0.3) is 0 Å². The number of carbonyl (C=O) groups excluding carboxylic acids is 1. The molecule has 0 radical (unpaired) electrons. The molecule has 7 heteroatoms. The summed E-state index contributed by atoms with van der Waals surface area (Å²) in [6.45, 7) is 0.0567. The number of hydrogen-bond donors (Lipinski definition) is 2. The monoisotopic (exact) mass is 286 g/mol. The molecule has 104 valence electrons. The minimum absolute atomic E-state index is 0.190. The summed E-state index contributed by atoms with van der Waals surface area (Å²) in [7, 11) is 1.48. The molecule has 6 nitrogen and oxygen atoms in total. The molecule has 0 heterocycles. The molecule has 0 saturated carbocycles. The first kappa shape index (κ1) is 15.3. The Bertz CT molecular complexity index is 453. The third kappa shape index (κ3) is 5.58. The lowest BCUT2D eigenvalue weighted by Crippen LogP contribution is -2.40. The summed E-state index contributed by atoms with van der Waals surface area (Å²) in [4.78, 5) is 23.8. The zero-order chi connectivity index (χ0) is 14.3. The summed E-state index contributed by atoms with van der Waals surface area (Å²) in [5.41, 5.74) is 0.505. The Balaban J connectivity index is 2.67. The summed E-state index contributed by atoms with van der Waals surface area (Å²) in [5.74, 6) is -1.09. The predicted octanol–water partition coefficient (Wildman–Crippen LogP) is 1.90. The van der Waals surface area contributed by atoms with Crippen molar-refractivity contribution in [3.8, 4) is 0 Å². The van der Waals surface area contributed by atoms with Gasteiger partial charge in [-0.3, -0.25) is 4.79 Å². The van der Waals surface area contributed by atoms with Gasteiger partial charge in [-0.25, -0.2) is 4.79 Å². The van der Waals surface area contributed by atoms with E-state index in [9.17, 15) is 9.59 Å². The summed E-state index contributed by atoms with van der Waals surface area (Å²) < 4.78 is 4.84. The van der Waals surface area contributed by atoms with E-state index in [1.165, 1.54) is 7.11 Å². The van der Waals surface area contributed by atoms with Gasteiger partial charge in [-0.15, -0.1) is 0 Å². The summed E-state index contributed by atoms with van der Waals surface area (Å²) in [6.07, 6.45) is 0. The number of nitrogens with one attached hydrogen (secondary N) is 1. The van der Waals surface area contributed by atoms with Gasteiger partial charge in [0.2, 0.25) is 0 Å². The van der Waals surface area contributed by atoms with E-state index in [-0.39, 0.29) is 13.2 Å². The molecular formula is C12H15ClN2O4. The Hall–Kier alpha value is -1.79. The molecule has 19 heavy (non-hydrogen) atoms. The van der Waals surface area contributed by atoms with Crippen molar-refractivity contribution >= 4 is 29.3 Å². The van der Waals surface area contributed by atoms with E-state index in [1.807, 2.05) is 0 Å². The minimum Gasteiger partial charge on any atom is -0.480 e. The minimum atomic E-state index is -1.09. The Morgan fingerprint density at radius 3 is 2.79 bits per heavy atom. The lowest BCUT2D eigenvalue weighted by atomic mass is 10.3. The van der Waals surface area contributed by atoms with Crippen molar-refractivity contribution < 1.29 is 19.4 Å². The molecule has 0 aromatic heterocycles. The van der Waals surface area contributed by atoms with Gasteiger partial charge in [0.05, 0.1) is 6.61 Å². The van der Waals surface area contributed by atoms with Crippen LogP contribution in [0.4, 0.5) is 10.5 Å². The Morgan fingerprint density at radius 2 is 2.21 bits per heavy atom. The highest BCUT2D eigenvalue weighted by molar-refractivity contribution is 6.30. The number of carboxylic acid groups (broad SMARTS) is 1. The Labute approximate surface area is 115 Å². The van der Waals surface area contributed by atoms with E-state index in [4.69, 9.17) is 21.4 Å². The smallest absolute Gasteiger partial charge is 0.323 e. The first-order valence-electron chi connectivity index (χ1n) is 5.55. The van der Waals surface area contributed by atoms with Crippen LogP contribution in [-0.2, 0) is 9.53 Å². The largest absolute Gasteiger partial charge is 0.480 e. The third-order valence-electron chi connectivity index (χ3n) is 2.25. The molecule has 0 aliphatic heterocycles. The highest BCUT2D eigenvalue weighted by Crippen LogP contribution is 2.15. The predicted molar refractivity (Wildman–Crippen MR) is 71.6 cm³/mol. The molecule has 1 aromatic rings. The molecule has 0 bridgehead atoms. The highest BCUT2D eigenvalue weighted by Gasteiger charge is 2.16. The fourth-order valence-corrected chi connectivity index (χ4v) is 1.58. The van der Waals surface area contributed by atoms with E-state index in [0.29, 0.717) is 10.7 Å². The van der Waals surface area contributed by atoms with Gasteiger partial charge in [-0.1, -0.05) is 17.7 Å². The van der Waals surface area contributed by atoms with Crippen LogP contribution in [0.1, 0.15) is 0 Å². The number of rotatable bonds is 6. The fourth-order valence-electron chi connectivity index (χ4n) is 1.39. The lowest BCUT2D eigenvalue weighted by molar-refractivity contribution is -0.137. The number of aliphatic carboxylic acids is 1. The van der Waals surface area contributed by atoms with Crippen LogP contribution in [0, 0.1) is 0 Å². The van der Waals surface area contributed by atoms with Crippen molar-refractivity contribution in [2.75, 3.05) is 32.1 Å². The number of anilines is 1. The number of nitrogens with zero attached hydrogens (tertiary/aromatic N) is 1. The van der Waals surface area contributed by atoms with Gasteiger partial charge in [0.1, 0.15) is 6.54 Å². The Kier molecular flexibility index (Phi) is 6.11. The molecule has 2 amide bonds. The van der Waals surface area contributed by atoms with Crippen molar-refractivity contribution in [2.45, 2.75) is 0 Å². The second-order valence-corrected chi connectivity index (χ2v) is 4.19. The molecule has 0 aliphatic carbocycles. The molecule has 0 atom stereocenters. The quantitative estimate of drug-likeness (QED) is 0.837.